The summed E-state index contributed by atoms with van der Waals surface area (Å²) in [5.74, 6) is -2.40. The minimum Gasteiger partial charge on any atom is -0.496 e. The fourth-order valence-corrected chi connectivity index (χ4v) is 3.26. The van der Waals surface area contributed by atoms with Gasteiger partial charge < -0.3 is 19.7 Å². The van der Waals surface area contributed by atoms with Crippen LogP contribution in [0.5, 0.6) is 11.5 Å². The van der Waals surface area contributed by atoms with Gasteiger partial charge in [-0.3, -0.25) is 0 Å². The highest BCUT2D eigenvalue weighted by Crippen LogP contribution is 2.58. The van der Waals surface area contributed by atoms with E-state index in [-0.39, 0.29) is 6.92 Å². The third-order valence-electron chi connectivity index (χ3n) is 4.73. The summed E-state index contributed by atoms with van der Waals surface area (Å²) in [6, 6.07) is 0. The second kappa shape index (κ2) is 7.66. The van der Waals surface area contributed by atoms with Crippen molar-refractivity contribution in [1.29, 1.82) is 0 Å². The summed E-state index contributed by atoms with van der Waals surface area (Å²) in [6.45, 7) is 2.14. The molecule has 0 aliphatic heterocycles. The molecule has 1 aromatic carbocycles. The number of methoxy groups -OCH3 is 2. The molecular formula is C17H19F9O4. The standard InChI is InChI=1S/C17H19F9O4/c1-6-8-10(14(28,16(21,22)23)17(24,25)26)12(30-5)9(7(2)11(8)29-4)13(3,27)15(18,19)20/h27-28H,6H2,1-5H3. The van der Waals surface area contributed by atoms with Crippen LogP contribution in [0.2, 0.25) is 0 Å². The summed E-state index contributed by atoms with van der Waals surface area (Å²) >= 11 is 0. The maximum Gasteiger partial charge on any atom is 0.430 e. The number of benzene rings is 1. The molecule has 0 amide bonds. The lowest BCUT2D eigenvalue weighted by atomic mass is 9.79. The Bertz CT molecular complexity index is 779. The van der Waals surface area contributed by atoms with Crippen LogP contribution >= 0.6 is 0 Å². The topological polar surface area (TPSA) is 58.9 Å². The van der Waals surface area contributed by atoms with Crippen molar-refractivity contribution in [3.05, 3.63) is 22.3 Å². The van der Waals surface area contributed by atoms with Crippen LogP contribution in [0.25, 0.3) is 0 Å². The van der Waals surface area contributed by atoms with E-state index < -0.39 is 69.9 Å². The quantitative estimate of drug-likeness (QED) is 0.631. The molecule has 4 nitrogen and oxygen atoms in total. The van der Waals surface area contributed by atoms with Crippen LogP contribution in [0.3, 0.4) is 0 Å². The van der Waals surface area contributed by atoms with Gasteiger partial charge >= 0.3 is 18.5 Å². The molecular weight excluding hydrogens is 439 g/mol. The number of alkyl halides is 9. The molecule has 2 N–H and O–H groups in total. The molecule has 0 bridgehead atoms. The smallest absolute Gasteiger partial charge is 0.430 e. The lowest BCUT2D eigenvalue weighted by Gasteiger charge is -2.38. The first-order chi connectivity index (χ1) is 13.3. The van der Waals surface area contributed by atoms with Gasteiger partial charge in [0, 0.05) is 16.7 Å². The van der Waals surface area contributed by atoms with Crippen molar-refractivity contribution in [2.75, 3.05) is 14.2 Å². The molecule has 0 saturated carbocycles. The van der Waals surface area contributed by atoms with E-state index in [1.807, 2.05) is 0 Å². The van der Waals surface area contributed by atoms with E-state index in [9.17, 15) is 49.7 Å². The predicted octanol–water partition coefficient (Wildman–Crippen LogP) is 4.66. The van der Waals surface area contributed by atoms with Crippen molar-refractivity contribution in [2.45, 2.75) is 56.9 Å². The molecule has 1 atom stereocenters. The Labute approximate surface area is 165 Å². The first-order valence-electron chi connectivity index (χ1n) is 8.18. The first kappa shape index (κ1) is 26.1. The van der Waals surface area contributed by atoms with Gasteiger partial charge in [-0.1, -0.05) is 6.92 Å². The van der Waals surface area contributed by atoms with Crippen molar-refractivity contribution < 1.29 is 59.2 Å². The number of halogens is 9. The van der Waals surface area contributed by atoms with Crippen molar-refractivity contribution in [3.8, 4) is 11.5 Å². The number of aliphatic hydroxyl groups is 2. The average Bonchev–Trinajstić information content (AvgIpc) is 2.56. The maximum absolute atomic E-state index is 13.6. The first-order valence-corrected chi connectivity index (χ1v) is 8.18. The minimum atomic E-state index is -6.41. The lowest BCUT2D eigenvalue weighted by Crippen LogP contribution is -2.55. The van der Waals surface area contributed by atoms with Crippen molar-refractivity contribution >= 4 is 0 Å². The van der Waals surface area contributed by atoms with Gasteiger partial charge in [0.1, 0.15) is 11.5 Å². The zero-order valence-corrected chi connectivity index (χ0v) is 16.3. The van der Waals surface area contributed by atoms with E-state index in [0.29, 0.717) is 7.11 Å². The van der Waals surface area contributed by atoms with Crippen LogP contribution in [0.15, 0.2) is 0 Å². The van der Waals surface area contributed by atoms with Gasteiger partial charge in [-0.05, 0) is 20.3 Å². The molecule has 13 heteroatoms. The third-order valence-corrected chi connectivity index (χ3v) is 4.73. The minimum absolute atomic E-state index is 0.132. The maximum atomic E-state index is 13.6. The van der Waals surface area contributed by atoms with E-state index in [1.54, 1.807) is 0 Å². The normalized spacial score (nSPS) is 15.7. The van der Waals surface area contributed by atoms with Crippen LogP contribution in [0.1, 0.15) is 36.1 Å². The van der Waals surface area contributed by atoms with Gasteiger partial charge in [0.2, 0.25) is 0 Å². The Hall–Kier alpha value is -1.89. The van der Waals surface area contributed by atoms with Crippen molar-refractivity contribution in [2.24, 2.45) is 0 Å². The highest BCUT2D eigenvalue weighted by atomic mass is 19.4. The van der Waals surface area contributed by atoms with E-state index in [1.165, 1.54) is 0 Å². The van der Waals surface area contributed by atoms with Crippen LogP contribution in [0, 0.1) is 6.92 Å². The molecule has 0 aliphatic carbocycles. The Morgan fingerprint density at radius 1 is 0.733 bits per heavy atom. The lowest BCUT2D eigenvalue weighted by molar-refractivity contribution is -0.376. The molecule has 0 radical (unpaired) electrons. The van der Waals surface area contributed by atoms with Crippen molar-refractivity contribution in [3.63, 3.8) is 0 Å². The highest BCUT2D eigenvalue weighted by molar-refractivity contribution is 5.63. The molecule has 0 aromatic heterocycles. The van der Waals surface area contributed by atoms with E-state index in [4.69, 9.17) is 4.74 Å². The molecule has 0 saturated heterocycles. The molecule has 1 rings (SSSR count). The van der Waals surface area contributed by atoms with Gasteiger partial charge in [-0.25, -0.2) is 0 Å². The summed E-state index contributed by atoms with van der Waals surface area (Å²) in [7, 11) is 1.33. The Kier molecular flexibility index (Phi) is 6.68. The molecule has 0 heterocycles. The third kappa shape index (κ3) is 3.66. The highest BCUT2D eigenvalue weighted by Gasteiger charge is 2.73. The zero-order chi connectivity index (χ0) is 24.1. The molecule has 0 fully saturated rings. The Balaban J connectivity index is 4.48. The van der Waals surface area contributed by atoms with Gasteiger partial charge in [-0.2, -0.15) is 39.5 Å². The zero-order valence-electron chi connectivity index (χ0n) is 16.3. The summed E-state index contributed by atoms with van der Waals surface area (Å²) in [4.78, 5) is 0. The van der Waals surface area contributed by atoms with Gasteiger partial charge in [0.15, 0.2) is 5.60 Å². The molecule has 1 unspecified atom stereocenters. The van der Waals surface area contributed by atoms with Crippen LogP contribution in [-0.4, -0.2) is 43.0 Å². The summed E-state index contributed by atoms with van der Waals surface area (Å²) in [6.07, 6.45) is -19.0. The average molecular weight is 458 g/mol. The second-order valence-electron chi connectivity index (χ2n) is 6.55. The van der Waals surface area contributed by atoms with E-state index in [0.717, 1.165) is 21.0 Å². The SMILES string of the molecule is CCc1c(OC)c(C)c(C(C)(O)C(F)(F)F)c(OC)c1C(O)(C(F)(F)F)C(F)(F)F. The number of hydrogen-bond donors (Lipinski definition) is 2. The summed E-state index contributed by atoms with van der Waals surface area (Å²) in [5.41, 5.74) is -14.5. The fourth-order valence-electron chi connectivity index (χ4n) is 3.26. The van der Waals surface area contributed by atoms with Gasteiger partial charge in [-0.15, -0.1) is 0 Å². The number of rotatable bonds is 5. The Morgan fingerprint density at radius 3 is 1.40 bits per heavy atom. The molecule has 174 valence electrons. The summed E-state index contributed by atoms with van der Waals surface area (Å²) in [5, 5.41) is 20.0. The number of hydrogen-bond acceptors (Lipinski definition) is 4. The molecule has 30 heavy (non-hydrogen) atoms. The molecule has 0 aliphatic rings. The Morgan fingerprint density at radius 2 is 1.13 bits per heavy atom. The van der Waals surface area contributed by atoms with Gasteiger partial charge in [0.05, 0.1) is 19.8 Å². The van der Waals surface area contributed by atoms with E-state index >= 15 is 0 Å². The monoisotopic (exact) mass is 458 g/mol. The number of ether oxygens (including phenoxy) is 2. The molecule has 0 spiro atoms. The van der Waals surface area contributed by atoms with E-state index in [2.05, 4.69) is 4.74 Å². The predicted molar refractivity (Wildman–Crippen MR) is 85.3 cm³/mol. The largest absolute Gasteiger partial charge is 0.496 e. The van der Waals surface area contributed by atoms with Gasteiger partial charge in [0.25, 0.3) is 5.60 Å². The van der Waals surface area contributed by atoms with Crippen LogP contribution in [0.4, 0.5) is 39.5 Å². The van der Waals surface area contributed by atoms with Crippen LogP contribution < -0.4 is 9.47 Å². The van der Waals surface area contributed by atoms with Crippen LogP contribution in [-0.2, 0) is 17.6 Å². The summed E-state index contributed by atoms with van der Waals surface area (Å²) < 4.78 is 131. The fraction of sp³-hybridized carbons (Fsp3) is 0.647. The van der Waals surface area contributed by atoms with Crippen molar-refractivity contribution in [1.82, 2.24) is 0 Å². The second-order valence-corrected chi connectivity index (χ2v) is 6.55. The molecule has 1 aromatic rings.